The first-order chi connectivity index (χ1) is 12.0. The molecule has 0 aliphatic heterocycles. The van der Waals surface area contributed by atoms with Crippen molar-refractivity contribution in [3.05, 3.63) is 52.5 Å². The van der Waals surface area contributed by atoms with Gasteiger partial charge in [0.25, 0.3) is 0 Å². The summed E-state index contributed by atoms with van der Waals surface area (Å²) in [6.45, 7) is 1.07. The maximum atomic E-state index is 12.2. The molecule has 0 atom stereocenters. The van der Waals surface area contributed by atoms with Crippen molar-refractivity contribution in [1.29, 1.82) is 0 Å². The number of ether oxygens (including phenoxy) is 1. The Labute approximate surface area is 162 Å². The van der Waals surface area contributed by atoms with Crippen molar-refractivity contribution in [3.8, 4) is 5.75 Å². The molecule has 0 saturated carbocycles. The van der Waals surface area contributed by atoms with E-state index < -0.39 is 0 Å². The Kier molecular flexibility index (Phi) is 7.90. The van der Waals surface area contributed by atoms with Crippen LogP contribution in [0.5, 0.6) is 5.75 Å². The van der Waals surface area contributed by atoms with Gasteiger partial charge < -0.3 is 10.1 Å². The van der Waals surface area contributed by atoms with Gasteiger partial charge in [-0.15, -0.1) is 11.8 Å². The normalized spacial score (nSPS) is 10.8. The van der Waals surface area contributed by atoms with Gasteiger partial charge in [0.05, 0.1) is 19.3 Å². The van der Waals surface area contributed by atoms with E-state index in [4.69, 9.17) is 27.9 Å². The predicted octanol–water partition coefficient (Wildman–Crippen LogP) is 4.66. The molecule has 0 spiro atoms. The highest BCUT2D eigenvalue weighted by atomic mass is 35.5. The molecule has 0 aliphatic rings. The van der Waals surface area contributed by atoms with E-state index in [1.807, 2.05) is 36.2 Å². The molecule has 2 aromatic carbocycles. The van der Waals surface area contributed by atoms with Crippen molar-refractivity contribution in [2.45, 2.75) is 4.90 Å². The molecule has 0 aliphatic carbocycles. The van der Waals surface area contributed by atoms with Crippen LogP contribution in [0.1, 0.15) is 0 Å². The van der Waals surface area contributed by atoms with Gasteiger partial charge >= 0.3 is 0 Å². The molecular weight excluding hydrogens is 379 g/mol. The van der Waals surface area contributed by atoms with Crippen molar-refractivity contribution in [3.63, 3.8) is 0 Å². The second-order valence-electron chi connectivity index (χ2n) is 5.43. The van der Waals surface area contributed by atoms with Gasteiger partial charge in [-0.1, -0.05) is 23.2 Å². The summed E-state index contributed by atoms with van der Waals surface area (Å²) in [5.41, 5.74) is 0.573. The van der Waals surface area contributed by atoms with Crippen LogP contribution in [0.25, 0.3) is 0 Å². The van der Waals surface area contributed by atoms with Gasteiger partial charge in [0.2, 0.25) is 5.91 Å². The van der Waals surface area contributed by atoms with Crippen LogP contribution in [-0.2, 0) is 4.79 Å². The highest BCUT2D eigenvalue weighted by Crippen LogP contribution is 2.27. The van der Waals surface area contributed by atoms with Gasteiger partial charge in [0.1, 0.15) is 5.75 Å². The lowest BCUT2D eigenvalue weighted by Crippen LogP contribution is -2.31. The molecule has 4 nitrogen and oxygen atoms in total. The Bertz CT molecular complexity index is 711. The summed E-state index contributed by atoms with van der Waals surface area (Å²) in [5, 5.41) is 4.11. The van der Waals surface area contributed by atoms with Gasteiger partial charge in [-0.3, -0.25) is 9.69 Å². The number of methoxy groups -OCH3 is 1. The maximum absolute atomic E-state index is 12.2. The number of nitrogens with zero attached hydrogens (tertiary/aromatic N) is 1. The number of halogens is 2. The van der Waals surface area contributed by atoms with Gasteiger partial charge in [-0.2, -0.15) is 0 Å². The van der Waals surface area contributed by atoms with Gasteiger partial charge in [0.15, 0.2) is 0 Å². The van der Waals surface area contributed by atoms with Gasteiger partial charge in [0, 0.05) is 27.2 Å². The van der Waals surface area contributed by atoms with Crippen molar-refractivity contribution >= 4 is 46.6 Å². The number of amides is 1. The first-order valence-electron chi connectivity index (χ1n) is 7.68. The summed E-state index contributed by atoms with van der Waals surface area (Å²) in [6, 6.07) is 12.9. The maximum Gasteiger partial charge on any atom is 0.238 e. The summed E-state index contributed by atoms with van der Waals surface area (Å²) in [7, 11) is 3.47. The molecule has 0 radical (unpaired) electrons. The molecule has 2 aromatic rings. The lowest BCUT2D eigenvalue weighted by atomic mass is 10.3. The Hall–Kier alpha value is -1.40. The van der Waals surface area contributed by atoms with Gasteiger partial charge in [-0.05, 0) is 49.5 Å². The second kappa shape index (κ2) is 9.92. The molecule has 0 bridgehead atoms. The number of rotatable bonds is 8. The molecule has 1 N–H and O–H groups in total. The van der Waals surface area contributed by atoms with Crippen LogP contribution in [-0.4, -0.2) is 43.8 Å². The third kappa shape index (κ3) is 6.78. The average molecular weight is 399 g/mol. The van der Waals surface area contributed by atoms with E-state index in [0.717, 1.165) is 22.2 Å². The number of benzene rings is 2. The van der Waals surface area contributed by atoms with Crippen LogP contribution in [0.3, 0.4) is 0 Å². The number of carbonyl (C=O) groups excluding carboxylic acids is 1. The van der Waals surface area contributed by atoms with E-state index in [1.54, 1.807) is 37.1 Å². The average Bonchev–Trinajstić information content (AvgIpc) is 2.57. The fraction of sp³-hybridized carbons (Fsp3) is 0.278. The standard InChI is InChI=1S/C18H20Cl2N2O2S/c1-22(9-10-25-15-6-3-13(19)4-7-15)12-18(23)21-16-11-14(20)5-8-17(16)24-2/h3-8,11H,9-10,12H2,1-2H3,(H,21,23). The van der Waals surface area contributed by atoms with E-state index in [0.29, 0.717) is 16.5 Å². The fourth-order valence-corrected chi connectivity index (χ4v) is 3.41. The highest BCUT2D eigenvalue weighted by Gasteiger charge is 2.10. The molecule has 134 valence electrons. The third-order valence-corrected chi connectivity index (χ3v) is 4.88. The van der Waals surface area contributed by atoms with Crippen molar-refractivity contribution in [1.82, 2.24) is 4.90 Å². The minimum atomic E-state index is -0.112. The molecule has 0 heterocycles. The molecule has 25 heavy (non-hydrogen) atoms. The van der Waals surface area contributed by atoms with Crippen LogP contribution in [0.2, 0.25) is 10.0 Å². The number of nitrogens with one attached hydrogen (secondary N) is 1. The van der Waals surface area contributed by atoms with Crippen LogP contribution < -0.4 is 10.1 Å². The minimum absolute atomic E-state index is 0.112. The molecular formula is C18H20Cl2N2O2S. The van der Waals surface area contributed by atoms with E-state index in [9.17, 15) is 4.79 Å². The van der Waals surface area contributed by atoms with E-state index >= 15 is 0 Å². The number of thioether (sulfide) groups is 1. The smallest absolute Gasteiger partial charge is 0.238 e. The molecule has 0 unspecified atom stereocenters. The fourth-order valence-electron chi connectivity index (χ4n) is 2.14. The highest BCUT2D eigenvalue weighted by molar-refractivity contribution is 7.99. The predicted molar refractivity (Wildman–Crippen MR) is 106 cm³/mol. The van der Waals surface area contributed by atoms with Crippen LogP contribution in [0.15, 0.2) is 47.4 Å². The lowest BCUT2D eigenvalue weighted by Gasteiger charge is -2.17. The molecule has 0 aromatic heterocycles. The molecule has 1 amide bonds. The summed E-state index contributed by atoms with van der Waals surface area (Å²) < 4.78 is 5.23. The lowest BCUT2D eigenvalue weighted by molar-refractivity contribution is -0.117. The van der Waals surface area contributed by atoms with Crippen LogP contribution in [0, 0.1) is 0 Å². The Morgan fingerprint density at radius 2 is 1.84 bits per heavy atom. The van der Waals surface area contributed by atoms with Crippen molar-refractivity contribution in [2.75, 3.05) is 38.3 Å². The van der Waals surface area contributed by atoms with Crippen LogP contribution in [0.4, 0.5) is 5.69 Å². The first kappa shape index (κ1) is 19.9. The van der Waals surface area contributed by atoms with Crippen molar-refractivity contribution in [2.24, 2.45) is 0 Å². The number of anilines is 1. The SMILES string of the molecule is COc1ccc(Cl)cc1NC(=O)CN(C)CCSc1ccc(Cl)cc1. The zero-order valence-corrected chi connectivity index (χ0v) is 16.4. The monoisotopic (exact) mass is 398 g/mol. The third-order valence-electron chi connectivity index (χ3n) is 3.40. The summed E-state index contributed by atoms with van der Waals surface area (Å²) >= 11 is 13.6. The summed E-state index contributed by atoms with van der Waals surface area (Å²) in [4.78, 5) is 15.3. The zero-order valence-electron chi connectivity index (χ0n) is 14.1. The summed E-state index contributed by atoms with van der Waals surface area (Å²) in [5.74, 6) is 1.35. The van der Waals surface area contributed by atoms with Crippen molar-refractivity contribution < 1.29 is 9.53 Å². The number of hydrogen-bond acceptors (Lipinski definition) is 4. The van der Waals surface area contributed by atoms with E-state index in [2.05, 4.69) is 5.32 Å². The van der Waals surface area contributed by atoms with E-state index in [1.165, 1.54) is 0 Å². The Morgan fingerprint density at radius 1 is 1.16 bits per heavy atom. The number of hydrogen-bond donors (Lipinski definition) is 1. The molecule has 2 rings (SSSR count). The first-order valence-corrected chi connectivity index (χ1v) is 9.42. The minimum Gasteiger partial charge on any atom is -0.495 e. The molecule has 0 fully saturated rings. The Balaban J connectivity index is 1.78. The van der Waals surface area contributed by atoms with Gasteiger partial charge in [-0.25, -0.2) is 0 Å². The van der Waals surface area contributed by atoms with E-state index in [-0.39, 0.29) is 12.5 Å². The summed E-state index contributed by atoms with van der Waals surface area (Å²) in [6.07, 6.45) is 0. The second-order valence-corrected chi connectivity index (χ2v) is 7.47. The topological polar surface area (TPSA) is 41.6 Å². The number of likely N-dealkylation sites (N-methyl/N-ethyl adjacent to an activating group) is 1. The largest absolute Gasteiger partial charge is 0.495 e. The quantitative estimate of drug-likeness (QED) is 0.656. The Morgan fingerprint density at radius 3 is 2.52 bits per heavy atom. The van der Waals surface area contributed by atoms with Crippen LogP contribution >= 0.6 is 35.0 Å². The molecule has 0 saturated heterocycles. The number of carbonyl (C=O) groups is 1. The molecule has 7 heteroatoms. The zero-order chi connectivity index (χ0) is 18.2.